The topological polar surface area (TPSA) is 88.5 Å². The molecular formula is C12H16N2O4. The molecule has 0 saturated carbocycles. The highest BCUT2D eigenvalue weighted by Crippen LogP contribution is 2.14. The van der Waals surface area contributed by atoms with Crippen molar-refractivity contribution in [3.8, 4) is 0 Å². The number of carboxylic acid groups (broad SMARTS) is 1. The Morgan fingerprint density at radius 1 is 1.33 bits per heavy atom. The van der Waals surface area contributed by atoms with Crippen molar-refractivity contribution in [1.82, 2.24) is 10.3 Å². The van der Waals surface area contributed by atoms with Crippen molar-refractivity contribution >= 4 is 12.1 Å². The molecule has 18 heavy (non-hydrogen) atoms. The summed E-state index contributed by atoms with van der Waals surface area (Å²) >= 11 is 0. The summed E-state index contributed by atoms with van der Waals surface area (Å²) in [5.74, 6) is -1.16. The van der Waals surface area contributed by atoms with E-state index in [9.17, 15) is 9.59 Å². The van der Waals surface area contributed by atoms with E-state index in [1.807, 2.05) is 0 Å². The lowest BCUT2D eigenvalue weighted by molar-refractivity contribution is -0.139. The monoisotopic (exact) mass is 252 g/mol. The fourth-order valence-electron chi connectivity index (χ4n) is 1.27. The second kappa shape index (κ2) is 5.48. The molecular weight excluding hydrogens is 236 g/mol. The lowest BCUT2D eigenvalue weighted by Gasteiger charge is -2.22. The molecule has 0 aliphatic heterocycles. The maximum absolute atomic E-state index is 11.5. The zero-order valence-corrected chi connectivity index (χ0v) is 10.5. The number of hydrogen-bond acceptors (Lipinski definition) is 4. The molecule has 98 valence electrons. The van der Waals surface area contributed by atoms with Crippen molar-refractivity contribution in [2.75, 3.05) is 0 Å². The smallest absolute Gasteiger partial charge is 0.408 e. The Kier molecular flexibility index (Phi) is 4.25. The van der Waals surface area contributed by atoms with Crippen LogP contribution in [0.25, 0.3) is 0 Å². The summed E-state index contributed by atoms with van der Waals surface area (Å²) < 4.78 is 5.01. The third kappa shape index (κ3) is 4.40. The van der Waals surface area contributed by atoms with Crippen LogP contribution in [0, 0.1) is 0 Å². The summed E-state index contributed by atoms with van der Waals surface area (Å²) in [7, 11) is 0. The van der Waals surface area contributed by atoms with Crippen molar-refractivity contribution in [2.24, 2.45) is 0 Å². The van der Waals surface area contributed by atoms with Gasteiger partial charge in [-0.25, -0.2) is 9.59 Å². The molecule has 1 aromatic heterocycles. The van der Waals surface area contributed by atoms with Crippen LogP contribution in [0.15, 0.2) is 24.5 Å². The van der Waals surface area contributed by atoms with Gasteiger partial charge in [0.2, 0.25) is 0 Å². The van der Waals surface area contributed by atoms with E-state index in [0.29, 0.717) is 5.56 Å². The standard InChI is InChI=1S/C12H16N2O4/c1-12(2,3)18-11(17)14-9(10(15)16)8-4-6-13-7-5-8/h4-7,9H,1-3H3,(H,14,17)(H,15,16)/t9-/m1/s1. The van der Waals surface area contributed by atoms with Crippen LogP contribution in [0.2, 0.25) is 0 Å². The van der Waals surface area contributed by atoms with E-state index in [0.717, 1.165) is 0 Å². The molecule has 0 radical (unpaired) electrons. The summed E-state index contributed by atoms with van der Waals surface area (Å²) in [6, 6.07) is 1.90. The zero-order valence-electron chi connectivity index (χ0n) is 10.5. The highest BCUT2D eigenvalue weighted by molar-refractivity contribution is 5.81. The molecule has 6 nitrogen and oxygen atoms in total. The predicted molar refractivity (Wildman–Crippen MR) is 64.0 cm³/mol. The lowest BCUT2D eigenvalue weighted by atomic mass is 10.1. The first-order chi connectivity index (χ1) is 8.29. The first-order valence-corrected chi connectivity index (χ1v) is 5.42. The highest BCUT2D eigenvalue weighted by Gasteiger charge is 2.25. The molecule has 0 aliphatic carbocycles. The van der Waals surface area contributed by atoms with Gasteiger partial charge >= 0.3 is 12.1 Å². The first kappa shape index (κ1) is 14.0. The number of aliphatic carboxylic acids is 1. The summed E-state index contributed by atoms with van der Waals surface area (Å²) in [4.78, 5) is 26.4. The predicted octanol–water partition coefficient (Wildman–Crippen LogP) is 1.73. The molecule has 2 N–H and O–H groups in total. The molecule has 0 unspecified atom stereocenters. The number of amides is 1. The molecule has 1 rings (SSSR count). The minimum atomic E-state index is -1.16. The van der Waals surface area contributed by atoms with Crippen LogP contribution in [0.5, 0.6) is 0 Å². The average Bonchev–Trinajstić information content (AvgIpc) is 2.24. The van der Waals surface area contributed by atoms with Crippen LogP contribution in [0.1, 0.15) is 32.4 Å². The minimum absolute atomic E-state index is 0.434. The van der Waals surface area contributed by atoms with Crippen LogP contribution < -0.4 is 5.32 Å². The molecule has 0 spiro atoms. The number of nitrogens with one attached hydrogen (secondary N) is 1. The van der Waals surface area contributed by atoms with Crippen LogP contribution in [0.3, 0.4) is 0 Å². The SMILES string of the molecule is CC(C)(C)OC(=O)N[C@@H](C(=O)O)c1ccncc1. The van der Waals surface area contributed by atoms with E-state index in [4.69, 9.17) is 9.84 Å². The zero-order chi connectivity index (χ0) is 13.8. The van der Waals surface area contributed by atoms with Gasteiger partial charge in [0.15, 0.2) is 6.04 Å². The van der Waals surface area contributed by atoms with Gasteiger partial charge in [-0.15, -0.1) is 0 Å². The van der Waals surface area contributed by atoms with E-state index in [2.05, 4.69) is 10.3 Å². The largest absolute Gasteiger partial charge is 0.479 e. The minimum Gasteiger partial charge on any atom is -0.479 e. The van der Waals surface area contributed by atoms with Crippen LogP contribution >= 0.6 is 0 Å². The van der Waals surface area contributed by atoms with Crippen LogP contribution in [0.4, 0.5) is 4.79 Å². The van der Waals surface area contributed by atoms with Gasteiger partial charge in [0.1, 0.15) is 5.60 Å². The second-order valence-corrected chi connectivity index (χ2v) is 4.70. The molecule has 1 aromatic rings. The van der Waals surface area contributed by atoms with Gasteiger partial charge in [-0.2, -0.15) is 0 Å². The van der Waals surface area contributed by atoms with Gasteiger partial charge < -0.3 is 15.2 Å². The van der Waals surface area contributed by atoms with E-state index < -0.39 is 23.7 Å². The Balaban J connectivity index is 2.77. The van der Waals surface area contributed by atoms with E-state index >= 15 is 0 Å². The number of carbonyl (C=O) groups is 2. The normalized spacial score (nSPS) is 12.6. The Labute approximate surface area is 105 Å². The number of carboxylic acids is 1. The van der Waals surface area contributed by atoms with Gasteiger partial charge in [-0.05, 0) is 38.5 Å². The highest BCUT2D eigenvalue weighted by atomic mass is 16.6. The maximum Gasteiger partial charge on any atom is 0.408 e. The van der Waals surface area contributed by atoms with Gasteiger partial charge in [0, 0.05) is 12.4 Å². The Morgan fingerprint density at radius 2 is 1.89 bits per heavy atom. The summed E-state index contributed by atoms with van der Waals surface area (Å²) in [6.45, 7) is 5.11. The van der Waals surface area contributed by atoms with Crippen molar-refractivity contribution < 1.29 is 19.4 Å². The third-order valence-electron chi connectivity index (χ3n) is 1.95. The number of ether oxygens (including phenoxy) is 1. The van der Waals surface area contributed by atoms with Crippen molar-refractivity contribution in [3.63, 3.8) is 0 Å². The lowest BCUT2D eigenvalue weighted by Crippen LogP contribution is -2.38. The third-order valence-corrected chi connectivity index (χ3v) is 1.95. The number of hydrogen-bond donors (Lipinski definition) is 2. The molecule has 0 aliphatic rings. The summed E-state index contributed by atoms with van der Waals surface area (Å²) in [6.07, 6.45) is 2.15. The number of alkyl carbamates (subject to hydrolysis) is 1. The molecule has 1 amide bonds. The summed E-state index contributed by atoms with van der Waals surface area (Å²) in [5, 5.41) is 11.4. The van der Waals surface area contributed by atoms with Crippen LogP contribution in [-0.4, -0.2) is 27.8 Å². The number of pyridine rings is 1. The Hall–Kier alpha value is -2.11. The fraction of sp³-hybridized carbons (Fsp3) is 0.417. The van der Waals surface area contributed by atoms with Gasteiger partial charge in [0.25, 0.3) is 0 Å². The number of aromatic nitrogens is 1. The Morgan fingerprint density at radius 3 is 2.33 bits per heavy atom. The van der Waals surface area contributed by atoms with Crippen molar-refractivity contribution in [2.45, 2.75) is 32.4 Å². The molecule has 1 atom stereocenters. The van der Waals surface area contributed by atoms with E-state index in [-0.39, 0.29) is 0 Å². The summed E-state index contributed by atoms with van der Waals surface area (Å²) in [5.41, 5.74) is -0.242. The molecule has 0 saturated heterocycles. The van der Waals surface area contributed by atoms with Gasteiger partial charge in [-0.1, -0.05) is 0 Å². The van der Waals surface area contributed by atoms with E-state index in [1.165, 1.54) is 24.5 Å². The number of nitrogens with zero attached hydrogens (tertiary/aromatic N) is 1. The van der Waals surface area contributed by atoms with Gasteiger partial charge in [-0.3, -0.25) is 4.98 Å². The quantitative estimate of drug-likeness (QED) is 0.855. The number of rotatable bonds is 3. The average molecular weight is 252 g/mol. The van der Waals surface area contributed by atoms with Gasteiger partial charge in [0.05, 0.1) is 0 Å². The van der Waals surface area contributed by atoms with Crippen molar-refractivity contribution in [1.29, 1.82) is 0 Å². The molecule has 0 bridgehead atoms. The molecule has 6 heteroatoms. The molecule has 0 fully saturated rings. The Bertz CT molecular complexity index is 425. The van der Waals surface area contributed by atoms with Crippen molar-refractivity contribution in [3.05, 3.63) is 30.1 Å². The maximum atomic E-state index is 11.5. The van der Waals surface area contributed by atoms with Crippen LogP contribution in [-0.2, 0) is 9.53 Å². The number of carbonyl (C=O) groups excluding carboxylic acids is 1. The van der Waals surface area contributed by atoms with E-state index in [1.54, 1.807) is 20.8 Å². The fourth-order valence-corrected chi connectivity index (χ4v) is 1.27. The second-order valence-electron chi connectivity index (χ2n) is 4.70. The first-order valence-electron chi connectivity index (χ1n) is 5.42. The molecule has 1 heterocycles. The molecule has 0 aromatic carbocycles.